The fourth-order valence-electron chi connectivity index (χ4n) is 2.27. The van der Waals surface area contributed by atoms with E-state index in [1.54, 1.807) is 0 Å². The van der Waals surface area contributed by atoms with Crippen molar-refractivity contribution in [2.45, 2.75) is 16.7 Å². The highest BCUT2D eigenvalue weighted by atomic mass is 32.2. The van der Waals surface area contributed by atoms with Crippen LogP contribution >= 0.6 is 0 Å². The van der Waals surface area contributed by atoms with E-state index in [4.69, 9.17) is 5.73 Å². The molecule has 0 spiro atoms. The van der Waals surface area contributed by atoms with E-state index in [0.29, 0.717) is 0 Å². The van der Waals surface area contributed by atoms with E-state index in [1.807, 2.05) is 0 Å². The molecule has 5 N–H and O–H groups in total. The van der Waals surface area contributed by atoms with Gasteiger partial charge in [0.25, 0.3) is 20.2 Å². The first kappa shape index (κ1) is 20.6. The van der Waals surface area contributed by atoms with Crippen LogP contribution in [0.1, 0.15) is 18.1 Å². The third kappa shape index (κ3) is 5.37. The minimum atomic E-state index is -4.63. The Kier molecular flexibility index (Phi) is 5.70. The fourth-order valence-corrected chi connectivity index (χ4v) is 3.70. The molecule has 0 saturated carbocycles. The molecule has 0 saturated heterocycles. The summed E-state index contributed by atoms with van der Waals surface area (Å²) in [5, 5.41) is 2.39. The molecule has 1 amide bonds. The molecule has 27 heavy (non-hydrogen) atoms. The first-order valence-corrected chi connectivity index (χ1v) is 10.2. The average molecular weight is 412 g/mol. The van der Waals surface area contributed by atoms with Gasteiger partial charge in [0.1, 0.15) is 9.79 Å². The van der Waals surface area contributed by atoms with Gasteiger partial charge in [-0.15, -0.1) is 0 Å². The Hall–Kier alpha value is -2.73. The summed E-state index contributed by atoms with van der Waals surface area (Å²) in [4.78, 5) is 10.2. The van der Waals surface area contributed by atoms with Crippen LogP contribution in [0.25, 0.3) is 12.2 Å². The molecule has 0 atom stereocenters. The Bertz CT molecular complexity index is 1140. The van der Waals surface area contributed by atoms with Gasteiger partial charge in [0.05, 0.1) is 0 Å². The van der Waals surface area contributed by atoms with Crippen molar-refractivity contribution >= 4 is 49.7 Å². The third-order valence-electron chi connectivity index (χ3n) is 3.37. The number of rotatable bonds is 5. The summed E-state index contributed by atoms with van der Waals surface area (Å²) in [5.41, 5.74) is 5.87. The zero-order valence-electron chi connectivity index (χ0n) is 13.9. The Balaban J connectivity index is 2.57. The number of amides is 1. The first-order chi connectivity index (χ1) is 12.4. The maximum Gasteiger partial charge on any atom is 0.295 e. The highest BCUT2D eigenvalue weighted by Crippen LogP contribution is 2.25. The number of hydrogen-bond acceptors (Lipinski definition) is 6. The lowest BCUT2D eigenvalue weighted by molar-refractivity contribution is -0.114. The number of nitrogen functional groups attached to an aromatic ring is 1. The highest BCUT2D eigenvalue weighted by molar-refractivity contribution is 7.86. The fraction of sp³-hybridized carbons (Fsp3) is 0.0625. The number of nitrogens with one attached hydrogen (secondary N) is 1. The van der Waals surface area contributed by atoms with Gasteiger partial charge < -0.3 is 11.1 Å². The predicted octanol–water partition coefficient (Wildman–Crippen LogP) is 1.89. The average Bonchev–Trinajstić information content (AvgIpc) is 2.52. The minimum Gasteiger partial charge on any atom is -0.399 e. The van der Waals surface area contributed by atoms with Gasteiger partial charge >= 0.3 is 0 Å². The van der Waals surface area contributed by atoms with E-state index >= 15 is 0 Å². The molecule has 0 radical (unpaired) electrons. The van der Waals surface area contributed by atoms with E-state index < -0.39 is 35.9 Å². The maximum absolute atomic E-state index is 11.6. The lowest BCUT2D eigenvalue weighted by Gasteiger charge is -2.08. The van der Waals surface area contributed by atoms with Gasteiger partial charge in [0, 0.05) is 18.3 Å². The van der Waals surface area contributed by atoms with Crippen LogP contribution in [0.5, 0.6) is 0 Å². The SMILES string of the molecule is CC(=O)Nc1ccc(/C=C/c2ccc(N)cc2S(=O)(=O)O)c(S(=O)(=O)O)c1. The number of carbonyl (C=O) groups is 1. The van der Waals surface area contributed by atoms with Crippen molar-refractivity contribution in [1.82, 2.24) is 0 Å². The second kappa shape index (κ2) is 7.48. The molecule has 0 bridgehead atoms. The molecule has 0 aliphatic carbocycles. The number of anilines is 2. The van der Waals surface area contributed by atoms with Crippen molar-refractivity contribution < 1.29 is 30.7 Å². The van der Waals surface area contributed by atoms with Gasteiger partial charge in [-0.3, -0.25) is 13.9 Å². The summed E-state index contributed by atoms with van der Waals surface area (Å²) in [5.74, 6) is -0.431. The van der Waals surface area contributed by atoms with Crippen LogP contribution in [0.3, 0.4) is 0 Å². The smallest absolute Gasteiger partial charge is 0.295 e. The quantitative estimate of drug-likeness (QED) is 0.328. The van der Waals surface area contributed by atoms with Gasteiger partial charge in [-0.1, -0.05) is 24.3 Å². The summed E-state index contributed by atoms with van der Waals surface area (Å²) >= 11 is 0. The molecular formula is C16H16N2O7S2. The predicted molar refractivity (Wildman–Crippen MR) is 100 cm³/mol. The summed E-state index contributed by atoms with van der Waals surface area (Å²) in [6.45, 7) is 1.24. The number of carbonyl (C=O) groups excluding carboxylic acids is 1. The Morgan fingerprint density at radius 1 is 0.926 bits per heavy atom. The maximum atomic E-state index is 11.6. The van der Waals surface area contributed by atoms with Crippen molar-refractivity contribution in [2.75, 3.05) is 11.1 Å². The lowest BCUT2D eigenvalue weighted by Crippen LogP contribution is -2.08. The van der Waals surface area contributed by atoms with Crippen molar-refractivity contribution in [3.8, 4) is 0 Å². The molecule has 0 fully saturated rings. The zero-order chi connectivity index (χ0) is 20.4. The van der Waals surface area contributed by atoms with Crippen LogP contribution in [-0.4, -0.2) is 31.8 Å². The van der Waals surface area contributed by atoms with Crippen LogP contribution < -0.4 is 11.1 Å². The monoisotopic (exact) mass is 412 g/mol. The van der Waals surface area contributed by atoms with Crippen molar-refractivity contribution in [3.63, 3.8) is 0 Å². The molecule has 11 heteroatoms. The normalized spacial score (nSPS) is 12.3. The van der Waals surface area contributed by atoms with Crippen LogP contribution in [0.15, 0.2) is 46.2 Å². The number of benzene rings is 2. The van der Waals surface area contributed by atoms with Crippen LogP contribution in [0.4, 0.5) is 11.4 Å². The summed E-state index contributed by atoms with van der Waals surface area (Å²) in [6, 6.07) is 7.56. The summed E-state index contributed by atoms with van der Waals surface area (Å²) < 4.78 is 64.9. The molecular weight excluding hydrogens is 396 g/mol. The van der Waals surface area contributed by atoms with Gasteiger partial charge in [-0.05, 0) is 35.4 Å². The van der Waals surface area contributed by atoms with E-state index in [9.17, 15) is 30.7 Å². The van der Waals surface area contributed by atoms with Gasteiger partial charge in [-0.25, -0.2) is 0 Å². The van der Waals surface area contributed by atoms with Gasteiger partial charge in [-0.2, -0.15) is 16.8 Å². The molecule has 0 aliphatic rings. The summed E-state index contributed by atoms with van der Waals surface area (Å²) in [7, 11) is -9.20. The molecule has 0 heterocycles. The molecule has 0 unspecified atom stereocenters. The molecule has 2 aromatic carbocycles. The second-order valence-electron chi connectivity index (χ2n) is 5.51. The van der Waals surface area contributed by atoms with E-state index in [-0.39, 0.29) is 22.5 Å². The van der Waals surface area contributed by atoms with Gasteiger partial charge in [0.15, 0.2) is 0 Å². The largest absolute Gasteiger partial charge is 0.399 e. The second-order valence-corrected chi connectivity index (χ2v) is 8.29. The molecule has 144 valence electrons. The molecule has 0 aromatic heterocycles. The van der Waals surface area contributed by atoms with Gasteiger partial charge in [0.2, 0.25) is 5.91 Å². The lowest BCUT2D eigenvalue weighted by atomic mass is 10.1. The Labute approximate surface area is 156 Å². The van der Waals surface area contributed by atoms with Crippen LogP contribution in [0.2, 0.25) is 0 Å². The standard InChI is InChI=1S/C16H16N2O7S2/c1-10(19)18-14-7-5-12(16(9-14)27(23,24)25)3-2-11-4-6-13(17)8-15(11)26(20,21)22/h2-9H,17H2,1H3,(H,18,19)(H,20,21,22)(H,23,24,25)/b3-2+. The van der Waals surface area contributed by atoms with Crippen LogP contribution in [-0.2, 0) is 25.0 Å². The molecule has 2 rings (SSSR count). The molecule has 2 aromatic rings. The Morgan fingerprint density at radius 2 is 1.41 bits per heavy atom. The van der Waals surface area contributed by atoms with E-state index in [2.05, 4.69) is 5.32 Å². The third-order valence-corrected chi connectivity index (χ3v) is 5.19. The summed E-state index contributed by atoms with van der Waals surface area (Å²) in [6.07, 6.45) is 2.48. The van der Waals surface area contributed by atoms with Crippen LogP contribution in [0, 0.1) is 0 Å². The Morgan fingerprint density at radius 3 is 1.89 bits per heavy atom. The molecule has 0 aliphatic heterocycles. The topological polar surface area (TPSA) is 164 Å². The minimum absolute atomic E-state index is 0.0321. The number of nitrogens with two attached hydrogens (primary N) is 1. The van der Waals surface area contributed by atoms with Crippen molar-refractivity contribution in [2.24, 2.45) is 0 Å². The van der Waals surface area contributed by atoms with E-state index in [0.717, 1.165) is 12.1 Å². The highest BCUT2D eigenvalue weighted by Gasteiger charge is 2.17. The van der Waals surface area contributed by atoms with Crippen molar-refractivity contribution in [3.05, 3.63) is 47.5 Å². The first-order valence-electron chi connectivity index (χ1n) is 7.32. The zero-order valence-corrected chi connectivity index (χ0v) is 15.6. The number of hydrogen-bond donors (Lipinski definition) is 4. The van der Waals surface area contributed by atoms with E-state index in [1.165, 1.54) is 43.3 Å². The van der Waals surface area contributed by atoms with Crippen molar-refractivity contribution in [1.29, 1.82) is 0 Å². The molecule has 9 nitrogen and oxygen atoms in total.